The first-order chi connectivity index (χ1) is 11.6. The van der Waals surface area contributed by atoms with Crippen molar-refractivity contribution in [2.75, 3.05) is 37.3 Å². The zero-order valence-corrected chi connectivity index (χ0v) is 14.3. The highest BCUT2D eigenvalue weighted by Crippen LogP contribution is 2.28. The van der Waals surface area contributed by atoms with Crippen LogP contribution in [0.5, 0.6) is 0 Å². The number of nitriles is 1. The summed E-state index contributed by atoms with van der Waals surface area (Å²) in [5.74, 6) is 0.902. The fourth-order valence-corrected chi connectivity index (χ4v) is 3.63. The van der Waals surface area contributed by atoms with E-state index in [1.807, 2.05) is 6.26 Å². The molecule has 1 aromatic rings. The number of anilines is 1. The minimum Gasteiger partial charge on any atom is -0.465 e. The monoisotopic (exact) mass is 348 g/mol. The van der Waals surface area contributed by atoms with E-state index in [-0.39, 0.29) is 12.5 Å². The van der Waals surface area contributed by atoms with E-state index < -0.39 is 6.09 Å². The van der Waals surface area contributed by atoms with Gasteiger partial charge in [0.1, 0.15) is 5.82 Å². The molecule has 0 saturated carbocycles. The second kappa shape index (κ2) is 7.23. The SMILES string of the molecule is CSc1nc2c(c(N3CCN(C(=O)O)[C@@H](CC#N)C3)n1)CCNC2. The van der Waals surface area contributed by atoms with Gasteiger partial charge in [0.2, 0.25) is 0 Å². The number of nitrogens with zero attached hydrogens (tertiary/aromatic N) is 5. The lowest BCUT2D eigenvalue weighted by Gasteiger charge is -2.40. The number of thioether (sulfide) groups is 1. The van der Waals surface area contributed by atoms with Gasteiger partial charge in [0.15, 0.2) is 5.16 Å². The quantitative estimate of drug-likeness (QED) is 0.614. The summed E-state index contributed by atoms with van der Waals surface area (Å²) in [5, 5.41) is 22.4. The smallest absolute Gasteiger partial charge is 0.407 e. The van der Waals surface area contributed by atoms with Crippen molar-refractivity contribution in [1.29, 1.82) is 5.26 Å². The number of nitrogens with one attached hydrogen (secondary N) is 1. The van der Waals surface area contributed by atoms with E-state index in [9.17, 15) is 9.90 Å². The zero-order valence-electron chi connectivity index (χ0n) is 13.5. The van der Waals surface area contributed by atoms with E-state index in [0.717, 1.165) is 41.7 Å². The van der Waals surface area contributed by atoms with E-state index in [1.54, 1.807) is 0 Å². The molecule has 8 nitrogen and oxygen atoms in total. The maximum absolute atomic E-state index is 11.4. The number of carbonyl (C=O) groups is 1. The third kappa shape index (κ3) is 3.25. The van der Waals surface area contributed by atoms with E-state index in [1.165, 1.54) is 16.7 Å². The molecule has 24 heavy (non-hydrogen) atoms. The molecule has 0 unspecified atom stereocenters. The molecule has 128 valence electrons. The Morgan fingerprint density at radius 1 is 1.50 bits per heavy atom. The van der Waals surface area contributed by atoms with Crippen LogP contribution in [0.2, 0.25) is 0 Å². The van der Waals surface area contributed by atoms with Crippen molar-refractivity contribution in [3.8, 4) is 6.07 Å². The van der Waals surface area contributed by atoms with Crippen molar-refractivity contribution in [3.63, 3.8) is 0 Å². The third-order valence-corrected chi connectivity index (χ3v) is 4.98. The summed E-state index contributed by atoms with van der Waals surface area (Å²) in [6.07, 6.45) is 2.03. The van der Waals surface area contributed by atoms with Crippen LogP contribution in [0.4, 0.5) is 10.6 Å². The number of aromatic nitrogens is 2. The molecule has 3 rings (SSSR count). The van der Waals surface area contributed by atoms with Crippen LogP contribution >= 0.6 is 11.8 Å². The molecule has 0 aliphatic carbocycles. The van der Waals surface area contributed by atoms with E-state index in [2.05, 4.69) is 21.3 Å². The van der Waals surface area contributed by atoms with Gasteiger partial charge in [-0.15, -0.1) is 0 Å². The molecule has 1 amide bonds. The fourth-order valence-electron chi connectivity index (χ4n) is 3.25. The van der Waals surface area contributed by atoms with Gasteiger partial charge in [0, 0.05) is 31.7 Å². The van der Waals surface area contributed by atoms with Gasteiger partial charge >= 0.3 is 6.09 Å². The zero-order chi connectivity index (χ0) is 17.1. The molecule has 1 aromatic heterocycles. The molecule has 3 heterocycles. The van der Waals surface area contributed by atoms with Crippen LogP contribution in [0.1, 0.15) is 17.7 Å². The topological polar surface area (TPSA) is 105 Å². The summed E-state index contributed by atoms with van der Waals surface area (Å²) in [6, 6.07) is 1.77. The average molecular weight is 348 g/mol. The molecule has 0 bridgehead atoms. The summed E-state index contributed by atoms with van der Waals surface area (Å²) < 4.78 is 0. The first-order valence-corrected chi connectivity index (χ1v) is 9.12. The lowest BCUT2D eigenvalue weighted by atomic mass is 10.0. The van der Waals surface area contributed by atoms with Crippen LogP contribution in [-0.2, 0) is 13.0 Å². The molecular formula is C15H20N6O2S. The summed E-state index contributed by atoms with van der Waals surface area (Å²) >= 11 is 1.50. The first kappa shape index (κ1) is 16.8. The molecule has 1 saturated heterocycles. The summed E-state index contributed by atoms with van der Waals surface area (Å²) in [5.41, 5.74) is 2.17. The van der Waals surface area contributed by atoms with Crippen molar-refractivity contribution in [3.05, 3.63) is 11.3 Å². The maximum atomic E-state index is 11.4. The van der Waals surface area contributed by atoms with Crippen LogP contribution in [0.15, 0.2) is 5.16 Å². The van der Waals surface area contributed by atoms with Crippen LogP contribution < -0.4 is 10.2 Å². The van der Waals surface area contributed by atoms with Crippen molar-refractivity contribution in [1.82, 2.24) is 20.2 Å². The predicted molar refractivity (Wildman–Crippen MR) is 90.2 cm³/mol. The Bertz CT molecular complexity index is 677. The minimum absolute atomic E-state index is 0.188. The number of fused-ring (bicyclic) bond motifs is 1. The van der Waals surface area contributed by atoms with Crippen molar-refractivity contribution < 1.29 is 9.90 Å². The minimum atomic E-state index is -0.964. The number of hydrogen-bond donors (Lipinski definition) is 2. The molecule has 9 heteroatoms. The maximum Gasteiger partial charge on any atom is 0.407 e. The molecule has 2 aliphatic rings. The molecule has 2 aliphatic heterocycles. The molecule has 0 aromatic carbocycles. The van der Waals surface area contributed by atoms with Gasteiger partial charge in [-0.25, -0.2) is 14.8 Å². The number of amides is 1. The lowest BCUT2D eigenvalue weighted by molar-refractivity contribution is 0.119. The van der Waals surface area contributed by atoms with Gasteiger partial charge in [0.05, 0.1) is 24.2 Å². The Labute approximate surface area is 144 Å². The Hall–Kier alpha value is -2.05. The molecular weight excluding hydrogens is 328 g/mol. The normalized spacial score (nSPS) is 20.4. The van der Waals surface area contributed by atoms with Crippen molar-refractivity contribution in [2.45, 2.75) is 30.6 Å². The van der Waals surface area contributed by atoms with Gasteiger partial charge in [-0.2, -0.15) is 5.26 Å². The molecule has 2 N–H and O–H groups in total. The average Bonchev–Trinajstić information content (AvgIpc) is 2.60. The second-order valence-corrected chi connectivity index (χ2v) is 6.60. The van der Waals surface area contributed by atoms with Crippen molar-refractivity contribution >= 4 is 23.7 Å². The number of carboxylic acid groups (broad SMARTS) is 1. The van der Waals surface area contributed by atoms with Gasteiger partial charge < -0.3 is 20.2 Å². The van der Waals surface area contributed by atoms with E-state index >= 15 is 0 Å². The fraction of sp³-hybridized carbons (Fsp3) is 0.600. The summed E-state index contributed by atoms with van der Waals surface area (Å²) in [4.78, 5) is 24.1. The second-order valence-electron chi connectivity index (χ2n) is 5.82. The van der Waals surface area contributed by atoms with Gasteiger partial charge in [0.25, 0.3) is 0 Å². The first-order valence-electron chi connectivity index (χ1n) is 7.90. The van der Waals surface area contributed by atoms with Crippen LogP contribution in [-0.4, -0.2) is 64.5 Å². The van der Waals surface area contributed by atoms with Crippen LogP contribution in [0.3, 0.4) is 0 Å². The van der Waals surface area contributed by atoms with Crippen LogP contribution in [0, 0.1) is 11.3 Å². The highest BCUT2D eigenvalue weighted by atomic mass is 32.2. The highest BCUT2D eigenvalue weighted by molar-refractivity contribution is 7.98. The van der Waals surface area contributed by atoms with Gasteiger partial charge in [-0.05, 0) is 19.2 Å². The molecule has 1 atom stereocenters. The number of piperazine rings is 1. The van der Waals surface area contributed by atoms with E-state index in [4.69, 9.17) is 10.2 Å². The lowest BCUT2D eigenvalue weighted by Crippen LogP contribution is -2.55. The third-order valence-electron chi connectivity index (χ3n) is 4.43. The standard InChI is InChI=1S/C15H20N6O2S/c1-24-14-18-12-8-17-5-3-11(12)13(19-14)20-6-7-21(15(22)23)10(9-20)2-4-16/h10,17H,2-3,5-9H2,1H3,(H,22,23)/t10-/m0/s1. The Morgan fingerprint density at radius 3 is 3.04 bits per heavy atom. The summed E-state index contributed by atoms with van der Waals surface area (Å²) in [7, 11) is 0. The van der Waals surface area contributed by atoms with Gasteiger partial charge in [-0.1, -0.05) is 11.8 Å². The number of hydrogen-bond acceptors (Lipinski definition) is 7. The van der Waals surface area contributed by atoms with Crippen LogP contribution in [0.25, 0.3) is 0 Å². The Morgan fingerprint density at radius 2 is 2.33 bits per heavy atom. The Balaban J connectivity index is 1.91. The highest BCUT2D eigenvalue weighted by Gasteiger charge is 2.32. The predicted octanol–water partition coefficient (Wildman–Crippen LogP) is 0.926. The Kier molecular flexibility index (Phi) is 5.06. The largest absolute Gasteiger partial charge is 0.465 e. The number of rotatable bonds is 3. The van der Waals surface area contributed by atoms with Crippen molar-refractivity contribution in [2.24, 2.45) is 0 Å². The molecule has 1 fully saturated rings. The molecule has 0 radical (unpaired) electrons. The molecule has 0 spiro atoms. The van der Waals surface area contributed by atoms with E-state index in [0.29, 0.717) is 19.6 Å². The van der Waals surface area contributed by atoms with Gasteiger partial charge in [-0.3, -0.25) is 0 Å². The summed E-state index contributed by atoms with van der Waals surface area (Å²) in [6.45, 7) is 3.07.